The van der Waals surface area contributed by atoms with Gasteiger partial charge in [0.2, 0.25) is 5.91 Å². The summed E-state index contributed by atoms with van der Waals surface area (Å²) in [6.45, 7) is 2.90. The average molecular weight is 303 g/mol. The standard InChI is InChI=1S/C16H17NO5/c1-2-20-15(19)12-11-5-6-16(22-11)9-17(14(18)13(12)16)8-10-4-3-7-21-10/h3-7,11-13H,2,8-9H2,1H3/t11-,12-,13+,16+/m1/s1. The molecule has 4 rings (SSSR count). The molecule has 1 aromatic rings. The summed E-state index contributed by atoms with van der Waals surface area (Å²) in [5, 5.41) is 0. The van der Waals surface area contributed by atoms with Crippen molar-refractivity contribution in [3.05, 3.63) is 36.3 Å². The summed E-state index contributed by atoms with van der Waals surface area (Å²) in [6.07, 6.45) is 5.04. The van der Waals surface area contributed by atoms with Crippen LogP contribution in [0.5, 0.6) is 0 Å². The van der Waals surface area contributed by atoms with E-state index >= 15 is 0 Å². The second-order valence-corrected chi connectivity index (χ2v) is 5.93. The van der Waals surface area contributed by atoms with E-state index in [9.17, 15) is 9.59 Å². The first kappa shape index (κ1) is 13.6. The Hall–Kier alpha value is -2.08. The minimum absolute atomic E-state index is 0.0682. The number of nitrogens with zero attached hydrogens (tertiary/aromatic N) is 1. The third kappa shape index (κ3) is 1.76. The number of carbonyl (C=O) groups excluding carboxylic acids is 2. The molecule has 116 valence electrons. The second kappa shape index (κ2) is 4.71. The van der Waals surface area contributed by atoms with Gasteiger partial charge in [0, 0.05) is 0 Å². The van der Waals surface area contributed by atoms with E-state index in [1.165, 1.54) is 0 Å². The molecule has 3 aliphatic rings. The van der Waals surface area contributed by atoms with Gasteiger partial charge in [-0.05, 0) is 19.1 Å². The Bertz CT molecular complexity index is 637. The Morgan fingerprint density at radius 3 is 3.14 bits per heavy atom. The molecule has 0 aromatic carbocycles. The van der Waals surface area contributed by atoms with Gasteiger partial charge in [0.15, 0.2) is 0 Å². The van der Waals surface area contributed by atoms with Gasteiger partial charge in [0.25, 0.3) is 0 Å². The number of ether oxygens (including phenoxy) is 2. The van der Waals surface area contributed by atoms with Crippen LogP contribution in [0.15, 0.2) is 35.0 Å². The first-order valence-electron chi connectivity index (χ1n) is 7.49. The molecular weight excluding hydrogens is 286 g/mol. The summed E-state index contributed by atoms with van der Waals surface area (Å²) in [4.78, 5) is 26.7. The lowest BCUT2D eigenvalue weighted by molar-refractivity contribution is -0.153. The molecule has 1 amide bonds. The fourth-order valence-electron chi connectivity index (χ4n) is 3.81. The van der Waals surface area contributed by atoms with Crippen LogP contribution in [-0.2, 0) is 25.6 Å². The van der Waals surface area contributed by atoms with Crippen LogP contribution >= 0.6 is 0 Å². The fraction of sp³-hybridized carbons (Fsp3) is 0.500. The lowest BCUT2D eigenvalue weighted by Gasteiger charge is -2.22. The second-order valence-electron chi connectivity index (χ2n) is 5.93. The Kier molecular flexibility index (Phi) is 2.91. The number of amides is 1. The summed E-state index contributed by atoms with van der Waals surface area (Å²) >= 11 is 0. The Balaban J connectivity index is 1.61. The number of furan rings is 1. The number of carbonyl (C=O) groups is 2. The Morgan fingerprint density at radius 2 is 2.41 bits per heavy atom. The van der Waals surface area contributed by atoms with Gasteiger partial charge in [0.05, 0.1) is 38.0 Å². The molecule has 2 bridgehead atoms. The molecule has 4 heterocycles. The quantitative estimate of drug-likeness (QED) is 0.616. The normalized spacial score (nSPS) is 35.2. The highest BCUT2D eigenvalue weighted by Crippen LogP contribution is 2.52. The van der Waals surface area contributed by atoms with Gasteiger partial charge in [-0.1, -0.05) is 12.2 Å². The van der Waals surface area contributed by atoms with Crippen LogP contribution in [0.4, 0.5) is 0 Å². The highest BCUT2D eigenvalue weighted by atomic mass is 16.6. The summed E-state index contributed by atoms with van der Waals surface area (Å²) in [6, 6.07) is 3.62. The van der Waals surface area contributed by atoms with E-state index in [1.54, 1.807) is 24.2 Å². The third-order valence-electron chi connectivity index (χ3n) is 4.66. The van der Waals surface area contributed by atoms with Crippen LogP contribution in [0.2, 0.25) is 0 Å². The monoisotopic (exact) mass is 303 g/mol. The molecule has 1 aromatic heterocycles. The molecule has 6 nitrogen and oxygen atoms in total. The van der Waals surface area contributed by atoms with Gasteiger partial charge in [-0.25, -0.2) is 0 Å². The SMILES string of the molecule is CCOC(=O)[C@H]1[C@H]2C(=O)N(Cc3ccco3)C[C@@]23C=C[C@H]1O3. The fourth-order valence-corrected chi connectivity index (χ4v) is 3.81. The minimum atomic E-state index is -0.689. The summed E-state index contributed by atoms with van der Waals surface area (Å²) in [5.41, 5.74) is -0.689. The van der Waals surface area contributed by atoms with Crippen molar-refractivity contribution >= 4 is 11.9 Å². The summed E-state index contributed by atoms with van der Waals surface area (Å²) in [7, 11) is 0. The first-order chi connectivity index (χ1) is 10.6. The molecule has 0 saturated carbocycles. The van der Waals surface area contributed by atoms with Crippen LogP contribution in [0.3, 0.4) is 0 Å². The number of esters is 1. The number of hydrogen-bond donors (Lipinski definition) is 0. The smallest absolute Gasteiger partial charge is 0.312 e. The molecule has 6 heteroatoms. The van der Waals surface area contributed by atoms with Crippen molar-refractivity contribution in [1.82, 2.24) is 4.90 Å². The van der Waals surface area contributed by atoms with Crippen LogP contribution in [-0.4, -0.2) is 41.6 Å². The van der Waals surface area contributed by atoms with Crippen molar-refractivity contribution in [1.29, 1.82) is 0 Å². The van der Waals surface area contributed by atoms with E-state index in [-0.39, 0.29) is 18.0 Å². The number of likely N-dealkylation sites (tertiary alicyclic amines) is 1. The molecule has 2 fully saturated rings. The van der Waals surface area contributed by atoms with Crippen LogP contribution in [0, 0.1) is 11.8 Å². The van der Waals surface area contributed by atoms with E-state index in [1.807, 2.05) is 18.2 Å². The van der Waals surface area contributed by atoms with Gasteiger partial charge >= 0.3 is 5.97 Å². The van der Waals surface area contributed by atoms with Crippen LogP contribution in [0.25, 0.3) is 0 Å². The number of fused-ring (bicyclic) bond motifs is 1. The van der Waals surface area contributed by atoms with E-state index in [0.29, 0.717) is 19.7 Å². The largest absolute Gasteiger partial charge is 0.467 e. The van der Waals surface area contributed by atoms with Gasteiger partial charge in [-0.3, -0.25) is 9.59 Å². The van der Waals surface area contributed by atoms with Crippen molar-refractivity contribution in [3.63, 3.8) is 0 Å². The molecule has 0 N–H and O–H groups in total. The van der Waals surface area contributed by atoms with Gasteiger partial charge in [-0.15, -0.1) is 0 Å². The van der Waals surface area contributed by atoms with E-state index in [2.05, 4.69) is 0 Å². The van der Waals surface area contributed by atoms with Crippen molar-refractivity contribution in [3.8, 4) is 0 Å². The van der Waals surface area contributed by atoms with Crippen molar-refractivity contribution in [2.75, 3.05) is 13.2 Å². The van der Waals surface area contributed by atoms with Crippen LogP contribution < -0.4 is 0 Å². The first-order valence-corrected chi connectivity index (χ1v) is 7.49. The zero-order chi connectivity index (χ0) is 15.3. The lowest BCUT2D eigenvalue weighted by atomic mass is 9.77. The zero-order valence-electron chi connectivity index (χ0n) is 12.2. The predicted molar refractivity (Wildman–Crippen MR) is 74.5 cm³/mol. The van der Waals surface area contributed by atoms with E-state index < -0.39 is 17.4 Å². The maximum absolute atomic E-state index is 12.8. The van der Waals surface area contributed by atoms with Crippen molar-refractivity contribution in [2.45, 2.75) is 25.2 Å². The Labute approximate surface area is 127 Å². The maximum Gasteiger partial charge on any atom is 0.312 e. The molecule has 2 saturated heterocycles. The van der Waals surface area contributed by atoms with Crippen molar-refractivity contribution < 1.29 is 23.5 Å². The average Bonchev–Trinajstić information content (AvgIpc) is 3.23. The molecule has 1 spiro atoms. The highest BCUT2D eigenvalue weighted by molar-refractivity contribution is 5.91. The van der Waals surface area contributed by atoms with E-state index in [0.717, 1.165) is 5.76 Å². The molecule has 4 atom stereocenters. The molecule has 0 unspecified atom stereocenters. The predicted octanol–water partition coefficient (Wildman–Crippen LogP) is 1.12. The minimum Gasteiger partial charge on any atom is -0.467 e. The zero-order valence-corrected chi connectivity index (χ0v) is 12.2. The number of hydrogen-bond acceptors (Lipinski definition) is 5. The summed E-state index contributed by atoms with van der Waals surface area (Å²) in [5.74, 6) is -0.732. The molecule has 3 aliphatic heterocycles. The van der Waals surface area contributed by atoms with Gasteiger partial charge < -0.3 is 18.8 Å². The van der Waals surface area contributed by atoms with Crippen molar-refractivity contribution in [2.24, 2.45) is 11.8 Å². The maximum atomic E-state index is 12.8. The highest BCUT2D eigenvalue weighted by Gasteiger charge is 2.67. The number of rotatable bonds is 4. The molecule has 22 heavy (non-hydrogen) atoms. The molecule has 0 aliphatic carbocycles. The molecule has 0 radical (unpaired) electrons. The Morgan fingerprint density at radius 1 is 1.55 bits per heavy atom. The third-order valence-corrected chi connectivity index (χ3v) is 4.66. The van der Waals surface area contributed by atoms with E-state index in [4.69, 9.17) is 13.9 Å². The van der Waals surface area contributed by atoms with Gasteiger partial charge in [0.1, 0.15) is 17.3 Å². The molecular formula is C16H17NO5. The topological polar surface area (TPSA) is 69.0 Å². The van der Waals surface area contributed by atoms with Crippen LogP contribution in [0.1, 0.15) is 12.7 Å². The summed E-state index contributed by atoms with van der Waals surface area (Å²) < 4.78 is 16.4. The lowest BCUT2D eigenvalue weighted by Crippen LogP contribution is -2.39. The van der Waals surface area contributed by atoms with Gasteiger partial charge in [-0.2, -0.15) is 0 Å².